The molecule has 0 aliphatic carbocycles. The summed E-state index contributed by atoms with van der Waals surface area (Å²) in [6, 6.07) is 15.8. The lowest BCUT2D eigenvalue weighted by molar-refractivity contribution is -0.132. The highest BCUT2D eigenvalue weighted by Gasteiger charge is 2.14. The molecule has 2 rings (SSSR count). The third kappa shape index (κ3) is 33.8. The number of allylic oxidation sites excluding steroid dienone is 6. The van der Waals surface area contributed by atoms with Gasteiger partial charge < -0.3 is 21.5 Å². The summed E-state index contributed by atoms with van der Waals surface area (Å²) in [7, 11) is 0. The van der Waals surface area contributed by atoms with Crippen LogP contribution in [-0.2, 0) is 11.3 Å². The number of carbonyl (C=O) groups excluding carboxylic acids is 1. The smallest absolute Gasteiger partial charge is 0.223 e. The summed E-state index contributed by atoms with van der Waals surface area (Å²) in [5, 5.41) is 9.38. The molecule has 1 amide bonds. The molecule has 0 spiro atoms. The van der Waals surface area contributed by atoms with Crippen molar-refractivity contribution in [2.75, 3.05) is 19.6 Å². The van der Waals surface area contributed by atoms with E-state index in [1.54, 1.807) is 12.2 Å². The zero-order valence-electron chi connectivity index (χ0n) is 33.4. The van der Waals surface area contributed by atoms with E-state index in [1.165, 1.54) is 11.1 Å². The Kier molecular flexibility index (Phi) is 34.5. The predicted octanol–water partition coefficient (Wildman–Crippen LogP) is 11.3. The normalized spacial score (nSPS) is 10.7. The fraction of sp³-hybridized carbons (Fsp3) is 0.432. The fourth-order valence-corrected chi connectivity index (χ4v) is 3.09. The monoisotopic (exact) mass is 676 g/mol. The van der Waals surface area contributed by atoms with Crippen molar-refractivity contribution in [3.05, 3.63) is 139 Å². The van der Waals surface area contributed by atoms with E-state index >= 15 is 0 Å². The number of hydrogen-bond acceptors (Lipinski definition) is 4. The second-order valence-electron chi connectivity index (χ2n) is 12.7. The lowest BCUT2D eigenvalue weighted by Gasteiger charge is -2.22. The van der Waals surface area contributed by atoms with Gasteiger partial charge in [-0.1, -0.05) is 151 Å². The Morgan fingerprint density at radius 2 is 1.39 bits per heavy atom. The molecule has 0 aliphatic rings. The van der Waals surface area contributed by atoms with Crippen LogP contribution in [0.4, 0.5) is 0 Å². The Hall–Kier alpha value is -3.93. The lowest BCUT2D eigenvalue weighted by Crippen LogP contribution is -2.31. The number of aryl methyl sites for hydroxylation is 2. The topological polar surface area (TPSA) is 92.6 Å². The van der Waals surface area contributed by atoms with Gasteiger partial charge in [-0.15, -0.1) is 6.58 Å². The van der Waals surface area contributed by atoms with E-state index in [0.29, 0.717) is 37.0 Å². The summed E-state index contributed by atoms with van der Waals surface area (Å²) >= 11 is 0. The van der Waals surface area contributed by atoms with Gasteiger partial charge in [-0.25, -0.2) is 0 Å². The van der Waals surface area contributed by atoms with Crippen LogP contribution < -0.4 is 11.5 Å². The van der Waals surface area contributed by atoms with Crippen LogP contribution in [0.5, 0.6) is 0 Å². The Morgan fingerprint density at radius 1 is 0.959 bits per heavy atom. The van der Waals surface area contributed by atoms with Crippen LogP contribution in [0, 0.1) is 25.2 Å². The Morgan fingerprint density at radius 3 is 1.69 bits per heavy atom. The zero-order valence-corrected chi connectivity index (χ0v) is 33.4. The van der Waals surface area contributed by atoms with Crippen molar-refractivity contribution in [3.63, 3.8) is 0 Å². The summed E-state index contributed by atoms with van der Waals surface area (Å²) in [5.41, 5.74) is 17.3. The molecule has 0 aromatic heterocycles. The van der Waals surface area contributed by atoms with Gasteiger partial charge in [0, 0.05) is 31.6 Å². The van der Waals surface area contributed by atoms with Gasteiger partial charge >= 0.3 is 0 Å². The van der Waals surface area contributed by atoms with Crippen LogP contribution in [0.3, 0.4) is 0 Å². The maximum atomic E-state index is 12.5. The van der Waals surface area contributed by atoms with E-state index in [9.17, 15) is 9.90 Å². The number of amides is 1. The molecule has 2 aromatic carbocycles. The van der Waals surface area contributed by atoms with Gasteiger partial charge in [-0.3, -0.25) is 4.79 Å². The molecular weight excluding hydrogens is 603 g/mol. The molecule has 0 saturated heterocycles. The Labute approximate surface area is 302 Å². The number of benzene rings is 2. The summed E-state index contributed by atoms with van der Waals surface area (Å²) in [6.07, 6.45) is 10.0. The maximum absolute atomic E-state index is 12.5. The van der Waals surface area contributed by atoms with Crippen molar-refractivity contribution in [1.29, 1.82) is 0 Å². The molecule has 0 radical (unpaired) electrons. The SMILES string of the molecule is C=C(C)CN.C=C/C=C(C)\C=C/C(C)CC(=O)N(CC)Cc1ccc(C(=C)O)cc1.C=CC.CC.CC(C)(C)CN.Cc1ccccc1C. The Bertz CT molecular complexity index is 1210. The van der Waals surface area contributed by atoms with E-state index in [0.717, 1.165) is 23.3 Å². The maximum Gasteiger partial charge on any atom is 0.223 e. The van der Waals surface area contributed by atoms with Gasteiger partial charge in [0.05, 0.1) is 0 Å². The highest BCUT2D eigenvalue weighted by atomic mass is 16.3. The number of aliphatic hydroxyl groups excluding tert-OH is 1. The first-order chi connectivity index (χ1) is 22.9. The first-order valence-corrected chi connectivity index (χ1v) is 17.3. The van der Waals surface area contributed by atoms with Gasteiger partial charge in [0.25, 0.3) is 0 Å². The van der Waals surface area contributed by atoms with Crippen LogP contribution in [-0.4, -0.2) is 35.5 Å². The molecule has 1 unspecified atom stereocenters. The third-order valence-electron chi connectivity index (χ3n) is 6.35. The van der Waals surface area contributed by atoms with Gasteiger partial charge in [-0.2, -0.15) is 0 Å². The van der Waals surface area contributed by atoms with Crippen molar-refractivity contribution in [1.82, 2.24) is 4.90 Å². The summed E-state index contributed by atoms with van der Waals surface area (Å²) < 4.78 is 0. The number of rotatable bonds is 10. The van der Waals surface area contributed by atoms with Crippen LogP contribution >= 0.6 is 0 Å². The molecule has 2 aromatic rings. The summed E-state index contributed by atoms with van der Waals surface area (Å²) in [5.74, 6) is 0.367. The molecule has 276 valence electrons. The van der Waals surface area contributed by atoms with Gasteiger partial charge in [0.15, 0.2) is 0 Å². The molecule has 49 heavy (non-hydrogen) atoms. The van der Waals surface area contributed by atoms with Crippen LogP contribution in [0.1, 0.15) is 97.9 Å². The summed E-state index contributed by atoms with van der Waals surface area (Å²) in [6.45, 7) is 41.1. The average Bonchev–Trinajstić information content (AvgIpc) is 3.06. The minimum atomic E-state index is 0.0522. The number of carbonyl (C=O) groups is 1. The third-order valence-corrected chi connectivity index (χ3v) is 6.35. The van der Waals surface area contributed by atoms with Crippen molar-refractivity contribution in [2.24, 2.45) is 22.8 Å². The van der Waals surface area contributed by atoms with Gasteiger partial charge in [0.2, 0.25) is 5.91 Å². The van der Waals surface area contributed by atoms with Crippen LogP contribution in [0.25, 0.3) is 5.76 Å². The molecule has 5 heteroatoms. The second-order valence-corrected chi connectivity index (χ2v) is 12.7. The second kappa shape index (κ2) is 32.6. The molecule has 0 fully saturated rings. The fourth-order valence-electron chi connectivity index (χ4n) is 3.09. The number of nitrogens with zero attached hydrogens (tertiary/aromatic N) is 1. The van der Waals surface area contributed by atoms with Crippen molar-refractivity contribution in [3.8, 4) is 0 Å². The molecule has 0 aliphatic heterocycles. The molecule has 5 N–H and O–H groups in total. The number of nitrogens with two attached hydrogens (primary N) is 2. The summed E-state index contributed by atoms with van der Waals surface area (Å²) in [4.78, 5) is 14.4. The first-order valence-electron chi connectivity index (χ1n) is 17.3. The lowest BCUT2D eigenvalue weighted by atomic mass is 9.98. The predicted molar refractivity (Wildman–Crippen MR) is 222 cm³/mol. The van der Waals surface area contributed by atoms with Crippen molar-refractivity contribution < 1.29 is 9.90 Å². The quantitative estimate of drug-likeness (QED) is 0.133. The molecular formula is C44H73N3O2. The highest BCUT2D eigenvalue weighted by molar-refractivity contribution is 5.76. The Balaban J connectivity index is -0.000000339. The van der Waals surface area contributed by atoms with Gasteiger partial charge in [-0.05, 0) is 76.1 Å². The minimum absolute atomic E-state index is 0.0522. The first kappa shape index (κ1) is 51.9. The van der Waals surface area contributed by atoms with Gasteiger partial charge in [0.1, 0.15) is 5.76 Å². The number of aliphatic hydroxyl groups is 1. The van der Waals surface area contributed by atoms with E-state index < -0.39 is 0 Å². The largest absolute Gasteiger partial charge is 0.508 e. The molecule has 1 atom stereocenters. The van der Waals surface area contributed by atoms with E-state index in [1.807, 2.05) is 89.8 Å². The standard InChI is InChI=1S/C22H29NO2.C8H10.C5H13N.C4H9N.C3H6.C2H6/c1-6-8-17(3)9-10-18(4)15-22(25)23(7-2)16-20-11-13-21(14-12-20)19(5)24;1-7-5-3-4-6-8(7)2;1-5(2,3)4-6;1-4(2)3-5;1-3-2;1-2/h6,8-14,18,24H,1,5,7,15-16H2,2-4H3;3-6H,1-2H3;4,6H2,1-3H3;1,3,5H2,2H3;3H,1H2,2H3;1-2H3/b10-9-,17-8-;;;;;. The van der Waals surface area contributed by atoms with Crippen LogP contribution in [0.2, 0.25) is 0 Å². The number of hydrogen-bond donors (Lipinski definition) is 3. The van der Waals surface area contributed by atoms with Crippen LogP contribution in [0.15, 0.2) is 116 Å². The molecule has 0 heterocycles. The minimum Gasteiger partial charge on any atom is -0.508 e. The van der Waals surface area contributed by atoms with Crippen molar-refractivity contribution >= 4 is 11.7 Å². The highest BCUT2D eigenvalue weighted by Crippen LogP contribution is 2.15. The van der Waals surface area contributed by atoms with Crippen molar-refractivity contribution in [2.45, 2.75) is 96.1 Å². The van der Waals surface area contributed by atoms with E-state index in [4.69, 9.17) is 11.5 Å². The average molecular weight is 676 g/mol. The van der Waals surface area contributed by atoms with E-state index in [2.05, 4.69) is 91.3 Å². The molecule has 0 saturated carbocycles. The zero-order chi connectivity index (χ0) is 39.0. The van der Waals surface area contributed by atoms with E-state index in [-0.39, 0.29) is 17.6 Å². The molecule has 5 nitrogen and oxygen atoms in total. The molecule has 0 bridgehead atoms.